The van der Waals surface area contributed by atoms with Crippen LogP contribution < -0.4 is 10.6 Å². The molecule has 0 aliphatic heterocycles. The second-order valence-corrected chi connectivity index (χ2v) is 6.09. The van der Waals surface area contributed by atoms with Gasteiger partial charge in [-0.15, -0.1) is 0 Å². The summed E-state index contributed by atoms with van der Waals surface area (Å²) in [5, 5.41) is 7.00. The van der Waals surface area contributed by atoms with Crippen LogP contribution in [0.4, 0.5) is 5.69 Å². The van der Waals surface area contributed by atoms with Gasteiger partial charge in [-0.1, -0.05) is 33.8 Å². The van der Waals surface area contributed by atoms with Gasteiger partial charge in [0.25, 0.3) is 0 Å². The van der Waals surface area contributed by atoms with Gasteiger partial charge in [-0.3, -0.25) is 0 Å². The monoisotopic (exact) mass is 308 g/mol. The Kier molecular flexibility index (Phi) is 6.62. The average Bonchev–Trinajstić information content (AvgIpc) is 2.43. The Bertz CT molecular complexity index is 493. The smallest absolute Gasteiger partial charge is 0.337 e. The first-order chi connectivity index (χ1) is 9.85. The molecular formula is C16H24N2O2S. The number of carbonyl (C=O) groups excluding carboxylic acids is 1. The van der Waals surface area contributed by atoms with Crippen molar-refractivity contribution >= 4 is 29.0 Å². The van der Waals surface area contributed by atoms with Crippen molar-refractivity contribution in [2.45, 2.75) is 33.7 Å². The largest absolute Gasteiger partial charge is 0.465 e. The molecule has 0 heterocycles. The Hall–Kier alpha value is -1.62. The van der Waals surface area contributed by atoms with Gasteiger partial charge in [0.1, 0.15) is 0 Å². The van der Waals surface area contributed by atoms with E-state index >= 15 is 0 Å². The fourth-order valence-corrected chi connectivity index (χ4v) is 2.52. The third kappa shape index (κ3) is 5.34. The molecule has 0 bridgehead atoms. The topological polar surface area (TPSA) is 50.4 Å². The standard InChI is InChI=1S/C16H24N2O2S/c1-10(2)14(11(3)4)18-16(21)17-13-8-6-7-12(9-13)15(19)20-5/h6-11,14H,1-5H3,(H2,17,18,21). The second kappa shape index (κ2) is 7.98. The van der Waals surface area contributed by atoms with Crippen LogP contribution in [0.1, 0.15) is 38.1 Å². The maximum absolute atomic E-state index is 11.5. The van der Waals surface area contributed by atoms with Crippen LogP contribution >= 0.6 is 12.2 Å². The first kappa shape index (κ1) is 17.4. The van der Waals surface area contributed by atoms with Crippen LogP contribution in [0.2, 0.25) is 0 Å². The van der Waals surface area contributed by atoms with E-state index in [9.17, 15) is 4.79 Å². The summed E-state index contributed by atoms with van der Waals surface area (Å²) >= 11 is 5.35. The van der Waals surface area contributed by atoms with Gasteiger partial charge in [0.2, 0.25) is 0 Å². The minimum atomic E-state index is -0.361. The lowest BCUT2D eigenvalue weighted by Crippen LogP contribution is -2.44. The first-order valence-electron chi connectivity index (χ1n) is 7.11. The fraction of sp³-hybridized carbons (Fsp3) is 0.500. The normalized spacial score (nSPS) is 10.9. The number of ether oxygens (including phenoxy) is 1. The molecule has 116 valence electrons. The van der Waals surface area contributed by atoms with Gasteiger partial charge in [-0.25, -0.2) is 4.79 Å². The minimum Gasteiger partial charge on any atom is -0.465 e. The predicted octanol–water partition coefficient (Wildman–Crippen LogP) is 3.44. The molecule has 1 aromatic carbocycles. The van der Waals surface area contributed by atoms with Gasteiger partial charge in [0, 0.05) is 11.7 Å². The van der Waals surface area contributed by atoms with Crippen LogP contribution in [-0.2, 0) is 4.74 Å². The van der Waals surface area contributed by atoms with Gasteiger partial charge < -0.3 is 15.4 Å². The summed E-state index contributed by atoms with van der Waals surface area (Å²) in [6.45, 7) is 8.66. The Balaban J connectivity index is 2.72. The van der Waals surface area contributed by atoms with E-state index in [2.05, 4.69) is 38.3 Å². The maximum Gasteiger partial charge on any atom is 0.337 e. The number of anilines is 1. The van der Waals surface area contributed by atoms with Crippen molar-refractivity contribution in [2.24, 2.45) is 11.8 Å². The number of hydrogen-bond donors (Lipinski definition) is 2. The highest BCUT2D eigenvalue weighted by molar-refractivity contribution is 7.80. The quantitative estimate of drug-likeness (QED) is 0.644. The lowest BCUT2D eigenvalue weighted by molar-refractivity contribution is 0.0601. The zero-order valence-corrected chi connectivity index (χ0v) is 14.1. The zero-order valence-electron chi connectivity index (χ0n) is 13.3. The molecule has 0 saturated carbocycles. The Morgan fingerprint density at radius 2 is 1.81 bits per heavy atom. The molecule has 21 heavy (non-hydrogen) atoms. The van der Waals surface area contributed by atoms with Gasteiger partial charge in [0.05, 0.1) is 12.7 Å². The van der Waals surface area contributed by atoms with E-state index in [1.807, 2.05) is 6.07 Å². The molecule has 0 amide bonds. The Morgan fingerprint density at radius 3 is 2.33 bits per heavy atom. The summed E-state index contributed by atoms with van der Waals surface area (Å²) in [5.41, 5.74) is 1.26. The molecule has 0 radical (unpaired) electrons. The number of methoxy groups -OCH3 is 1. The van der Waals surface area contributed by atoms with Gasteiger partial charge in [0.15, 0.2) is 5.11 Å². The molecular weight excluding hydrogens is 284 g/mol. The molecule has 0 aliphatic carbocycles. The van der Waals surface area contributed by atoms with E-state index in [1.165, 1.54) is 7.11 Å². The molecule has 1 aromatic rings. The average molecular weight is 308 g/mol. The van der Waals surface area contributed by atoms with Crippen LogP contribution in [0.5, 0.6) is 0 Å². The first-order valence-corrected chi connectivity index (χ1v) is 7.51. The SMILES string of the molecule is COC(=O)c1cccc(NC(=S)NC(C(C)C)C(C)C)c1. The molecule has 4 nitrogen and oxygen atoms in total. The number of hydrogen-bond acceptors (Lipinski definition) is 3. The second-order valence-electron chi connectivity index (χ2n) is 5.68. The molecule has 0 aromatic heterocycles. The van der Waals surface area contributed by atoms with Crippen molar-refractivity contribution in [1.82, 2.24) is 5.32 Å². The van der Waals surface area contributed by atoms with Crippen molar-refractivity contribution in [1.29, 1.82) is 0 Å². The third-order valence-electron chi connectivity index (χ3n) is 3.28. The van der Waals surface area contributed by atoms with E-state index in [-0.39, 0.29) is 5.97 Å². The molecule has 5 heteroatoms. The Labute approximate surface area is 132 Å². The van der Waals surface area contributed by atoms with Gasteiger partial charge >= 0.3 is 5.97 Å². The van der Waals surface area contributed by atoms with Gasteiger partial charge in [-0.05, 0) is 42.3 Å². The van der Waals surface area contributed by atoms with Gasteiger partial charge in [-0.2, -0.15) is 0 Å². The van der Waals surface area contributed by atoms with Crippen molar-refractivity contribution < 1.29 is 9.53 Å². The highest BCUT2D eigenvalue weighted by Gasteiger charge is 2.18. The Morgan fingerprint density at radius 1 is 1.19 bits per heavy atom. The van der Waals surface area contributed by atoms with Crippen LogP contribution in [0, 0.1) is 11.8 Å². The summed E-state index contributed by atoms with van der Waals surface area (Å²) in [4.78, 5) is 11.5. The molecule has 1 rings (SSSR count). The van der Waals surface area contributed by atoms with Crippen LogP contribution in [-0.4, -0.2) is 24.2 Å². The molecule has 0 atom stereocenters. The van der Waals surface area contributed by atoms with E-state index < -0.39 is 0 Å². The predicted molar refractivity (Wildman–Crippen MR) is 90.6 cm³/mol. The number of rotatable bonds is 5. The highest BCUT2D eigenvalue weighted by atomic mass is 32.1. The maximum atomic E-state index is 11.5. The molecule has 0 spiro atoms. The number of carbonyl (C=O) groups is 1. The molecule has 2 N–H and O–H groups in total. The summed E-state index contributed by atoms with van der Waals surface area (Å²) < 4.78 is 4.71. The summed E-state index contributed by atoms with van der Waals surface area (Å²) in [7, 11) is 1.37. The van der Waals surface area contributed by atoms with E-state index in [1.54, 1.807) is 18.2 Å². The van der Waals surface area contributed by atoms with Crippen LogP contribution in [0.25, 0.3) is 0 Å². The summed E-state index contributed by atoms with van der Waals surface area (Å²) in [6, 6.07) is 7.38. The lowest BCUT2D eigenvalue weighted by atomic mass is 9.93. The number of benzene rings is 1. The fourth-order valence-electron chi connectivity index (χ4n) is 2.26. The summed E-state index contributed by atoms with van der Waals surface area (Å²) in [5.74, 6) is 0.595. The van der Waals surface area contributed by atoms with Crippen molar-refractivity contribution in [2.75, 3.05) is 12.4 Å². The molecule has 0 fully saturated rings. The zero-order chi connectivity index (χ0) is 16.0. The van der Waals surface area contributed by atoms with E-state index in [0.717, 1.165) is 5.69 Å². The summed E-state index contributed by atoms with van der Waals surface area (Å²) in [6.07, 6.45) is 0. The van der Waals surface area contributed by atoms with Crippen molar-refractivity contribution in [3.63, 3.8) is 0 Å². The van der Waals surface area contributed by atoms with Crippen LogP contribution in [0.3, 0.4) is 0 Å². The lowest BCUT2D eigenvalue weighted by Gasteiger charge is -2.27. The molecule has 0 saturated heterocycles. The highest BCUT2D eigenvalue weighted by Crippen LogP contribution is 2.14. The molecule has 0 aliphatic rings. The number of nitrogens with one attached hydrogen (secondary N) is 2. The third-order valence-corrected chi connectivity index (χ3v) is 3.50. The van der Waals surface area contributed by atoms with E-state index in [4.69, 9.17) is 17.0 Å². The van der Waals surface area contributed by atoms with E-state index in [0.29, 0.717) is 28.6 Å². The van der Waals surface area contributed by atoms with Crippen molar-refractivity contribution in [3.8, 4) is 0 Å². The van der Waals surface area contributed by atoms with Crippen molar-refractivity contribution in [3.05, 3.63) is 29.8 Å². The number of thiocarbonyl (C=S) groups is 1. The number of esters is 1. The van der Waals surface area contributed by atoms with Crippen LogP contribution in [0.15, 0.2) is 24.3 Å². The molecule has 0 unspecified atom stereocenters. The minimum absolute atomic E-state index is 0.300.